The summed E-state index contributed by atoms with van der Waals surface area (Å²) < 4.78 is 0. The minimum absolute atomic E-state index is 0.362. The molecule has 0 aliphatic carbocycles. The van der Waals surface area contributed by atoms with Crippen molar-refractivity contribution in [3.63, 3.8) is 0 Å². The molecule has 1 atom stereocenters. The molecule has 0 aromatic rings. The molecule has 13 heavy (non-hydrogen) atoms. The molecule has 0 N–H and O–H groups in total. The maximum Gasteiger partial charge on any atom is 0.0329 e. The molecule has 1 nitrogen and oxygen atoms in total. The van der Waals surface area contributed by atoms with Crippen molar-refractivity contribution in [3.8, 4) is 0 Å². The second-order valence-corrected chi connectivity index (χ2v) is 5.36. The zero-order valence-corrected chi connectivity index (χ0v) is 9.67. The number of hydrogen-bond acceptors (Lipinski definition) is 1. The highest BCUT2D eigenvalue weighted by Crippen LogP contribution is 2.29. The fraction of sp³-hybridized carbons (Fsp3) is 0.833. The molecule has 1 heteroatoms. The summed E-state index contributed by atoms with van der Waals surface area (Å²) in [4.78, 5) is 2.60. The van der Waals surface area contributed by atoms with Gasteiger partial charge in [-0.1, -0.05) is 32.9 Å². The van der Waals surface area contributed by atoms with Crippen molar-refractivity contribution >= 4 is 0 Å². The van der Waals surface area contributed by atoms with Crippen molar-refractivity contribution in [1.29, 1.82) is 0 Å². The molecule has 0 spiro atoms. The topological polar surface area (TPSA) is 3.24 Å². The highest BCUT2D eigenvalue weighted by molar-refractivity contribution is 5.05. The van der Waals surface area contributed by atoms with Crippen molar-refractivity contribution in [2.24, 2.45) is 5.41 Å². The Morgan fingerprint density at radius 3 is 2.31 bits per heavy atom. The van der Waals surface area contributed by atoms with E-state index >= 15 is 0 Å². The van der Waals surface area contributed by atoms with Gasteiger partial charge in [-0.2, -0.15) is 0 Å². The summed E-state index contributed by atoms with van der Waals surface area (Å²) in [6.07, 6.45) is 5.92. The van der Waals surface area contributed by atoms with E-state index in [1.807, 2.05) is 0 Å². The summed E-state index contributed by atoms with van der Waals surface area (Å²) >= 11 is 0. The first-order valence-corrected chi connectivity index (χ1v) is 5.35. The van der Waals surface area contributed by atoms with Gasteiger partial charge in [0.2, 0.25) is 0 Å². The summed E-state index contributed by atoms with van der Waals surface area (Å²) in [5, 5.41) is 0. The maximum atomic E-state index is 2.60. The molecule has 0 aromatic carbocycles. The molecule has 0 aromatic heterocycles. The molecule has 1 rings (SSSR count). The van der Waals surface area contributed by atoms with Gasteiger partial charge >= 0.3 is 0 Å². The summed E-state index contributed by atoms with van der Waals surface area (Å²) in [6.45, 7) is 12.8. The Morgan fingerprint density at radius 2 is 1.92 bits per heavy atom. The fourth-order valence-corrected chi connectivity index (χ4v) is 2.06. The Morgan fingerprint density at radius 1 is 1.31 bits per heavy atom. The third kappa shape index (κ3) is 2.57. The van der Waals surface area contributed by atoms with Gasteiger partial charge in [0.05, 0.1) is 0 Å². The SMILES string of the molecule is CC(C)N1CCC=C[C@@H]1C(C)(C)C. The summed E-state index contributed by atoms with van der Waals surface area (Å²) in [5.41, 5.74) is 0.362. The van der Waals surface area contributed by atoms with E-state index in [1.165, 1.54) is 13.0 Å². The van der Waals surface area contributed by atoms with Crippen LogP contribution < -0.4 is 0 Å². The quantitative estimate of drug-likeness (QED) is 0.562. The number of nitrogens with zero attached hydrogens (tertiary/aromatic N) is 1. The molecule has 1 heterocycles. The lowest BCUT2D eigenvalue weighted by molar-refractivity contribution is 0.0977. The van der Waals surface area contributed by atoms with Gasteiger partial charge in [0.15, 0.2) is 0 Å². The minimum atomic E-state index is 0.362. The van der Waals surface area contributed by atoms with Crippen LogP contribution >= 0.6 is 0 Å². The first kappa shape index (κ1) is 10.8. The van der Waals surface area contributed by atoms with Gasteiger partial charge in [0, 0.05) is 18.6 Å². The molecule has 0 unspecified atom stereocenters. The normalized spacial score (nSPS) is 25.5. The van der Waals surface area contributed by atoms with Gasteiger partial charge in [-0.15, -0.1) is 0 Å². The lowest BCUT2D eigenvalue weighted by atomic mass is 9.83. The molecule has 0 fully saturated rings. The zero-order valence-electron chi connectivity index (χ0n) is 9.67. The van der Waals surface area contributed by atoms with E-state index < -0.39 is 0 Å². The van der Waals surface area contributed by atoms with E-state index in [1.54, 1.807) is 0 Å². The lowest BCUT2D eigenvalue weighted by Gasteiger charge is -2.42. The fourth-order valence-electron chi connectivity index (χ4n) is 2.06. The highest BCUT2D eigenvalue weighted by Gasteiger charge is 2.30. The highest BCUT2D eigenvalue weighted by atomic mass is 15.2. The molecule has 0 bridgehead atoms. The Labute approximate surface area is 82.8 Å². The van der Waals surface area contributed by atoms with Crippen LogP contribution in [0.15, 0.2) is 12.2 Å². The number of hydrogen-bond donors (Lipinski definition) is 0. The average molecular weight is 181 g/mol. The van der Waals surface area contributed by atoms with Crippen LogP contribution in [0.4, 0.5) is 0 Å². The minimum Gasteiger partial charge on any atom is -0.294 e. The largest absolute Gasteiger partial charge is 0.294 e. The molecule has 0 saturated carbocycles. The van der Waals surface area contributed by atoms with Crippen molar-refractivity contribution in [1.82, 2.24) is 4.90 Å². The Kier molecular flexibility index (Phi) is 3.18. The Hall–Kier alpha value is -0.300. The smallest absolute Gasteiger partial charge is 0.0329 e. The van der Waals surface area contributed by atoms with Crippen LogP contribution in [0.1, 0.15) is 41.0 Å². The van der Waals surface area contributed by atoms with Crippen molar-refractivity contribution < 1.29 is 0 Å². The van der Waals surface area contributed by atoms with E-state index in [0.29, 0.717) is 17.5 Å². The first-order valence-electron chi connectivity index (χ1n) is 5.35. The van der Waals surface area contributed by atoms with E-state index in [4.69, 9.17) is 0 Å². The molecule has 1 aliphatic heterocycles. The summed E-state index contributed by atoms with van der Waals surface area (Å²) in [7, 11) is 0. The summed E-state index contributed by atoms with van der Waals surface area (Å²) in [6, 6.07) is 1.27. The molecular formula is C12H23N. The van der Waals surface area contributed by atoms with E-state index in [2.05, 4.69) is 51.7 Å². The van der Waals surface area contributed by atoms with Crippen LogP contribution in [-0.4, -0.2) is 23.5 Å². The molecular weight excluding hydrogens is 158 g/mol. The van der Waals surface area contributed by atoms with Crippen molar-refractivity contribution in [2.45, 2.75) is 53.1 Å². The Bertz CT molecular complexity index is 186. The van der Waals surface area contributed by atoms with Crippen LogP contribution in [-0.2, 0) is 0 Å². The second kappa shape index (κ2) is 3.83. The lowest BCUT2D eigenvalue weighted by Crippen LogP contribution is -2.48. The molecule has 0 radical (unpaired) electrons. The van der Waals surface area contributed by atoms with Gasteiger partial charge in [-0.05, 0) is 25.7 Å². The molecule has 76 valence electrons. The van der Waals surface area contributed by atoms with Crippen LogP contribution in [0.2, 0.25) is 0 Å². The first-order chi connectivity index (χ1) is 5.93. The monoisotopic (exact) mass is 181 g/mol. The molecule has 0 amide bonds. The van der Waals surface area contributed by atoms with Crippen molar-refractivity contribution in [3.05, 3.63) is 12.2 Å². The van der Waals surface area contributed by atoms with E-state index in [9.17, 15) is 0 Å². The third-order valence-corrected chi connectivity index (χ3v) is 2.78. The van der Waals surface area contributed by atoms with Gasteiger partial charge in [0.25, 0.3) is 0 Å². The van der Waals surface area contributed by atoms with Crippen LogP contribution in [0.3, 0.4) is 0 Å². The van der Waals surface area contributed by atoms with E-state index in [0.717, 1.165) is 0 Å². The van der Waals surface area contributed by atoms with Gasteiger partial charge in [-0.3, -0.25) is 4.90 Å². The van der Waals surface area contributed by atoms with Crippen molar-refractivity contribution in [2.75, 3.05) is 6.54 Å². The zero-order chi connectivity index (χ0) is 10.1. The predicted molar refractivity (Wildman–Crippen MR) is 58.8 cm³/mol. The maximum absolute atomic E-state index is 2.60. The molecule has 0 saturated heterocycles. The van der Waals surface area contributed by atoms with E-state index in [-0.39, 0.29) is 0 Å². The summed E-state index contributed by atoms with van der Waals surface area (Å²) in [5.74, 6) is 0. The molecule has 1 aliphatic rings. The van der Waals surface area contributed by atoms with Gasteiger partial charge in [-0.25, -0.2) is 0 Å². The Balaban J connectivity index is 2.78. The average Bonchev–Trinajstić information content (AvgIpc) is 2.03. The van der Waals surface area contributed by atoms with Crippen LogP contribution in [0.5, 0.6) is 0 Å². The standard InChI is InChI=1S/C12H23N/c1-10(2)13-9-7-6-8-11(13)12(3,4)5/h6,8,10-11H,7,9H2,1-5H3/t11-/m1/s1. The van der Waals surface area contributed by atoms with Gasteiger partial charge in [0.1, 0.15) is 0 Å². The van der Waals surface area contributed by atoms with Gasteiger partial charge < -0.3 is 0 Å². The number of rotatable bonds is 1. The third-order valence-electron chi connectivity index (χ3n) is 2.78. The predicted octanol–water partition coefficient (Wildman–Crippen LogP) is 3.07. The van der Waals surface area contributed by atoms with Crippen LogP contribution in [0, 0.1) is 5.41 Å². The van der Waals surface area contributed by atoms with Crippen LogP contribution in [0.25, 0.3) is 0 Å². The second-order valence-electron chi connectivity index (χ2n) is 5.36.